The highest BCUT2D eigenvalue weighted by atomic mass is 32.6. The maximum Gasteiger partial charge on any atom is -0.00695 e. The molecule has 0 aromatic rings. The second-order valence-corrected chi connectivity index (χ2v) is 13.7. The van der Waals surface area contributed by atoms with Crippen LogP contribution in [0.25, 0.3) is 0 Å². The minimum atomic E-state index is 0.186. The molecular weight excluding hydrogens is 244 g/mol. The molecule has 0 heterocycles. The number of hydrogen-bond donors (Lipinski definition) is 0. The highest BCUT2D eigenvalue weighted by molar-refractivity contribution is 8.61. The van der Waals surface area contributed by atoms with Gasteiger partial charge >= 0.3 is 0 Å². The summed E-state index contributed by atoms with van der Waals surface area (Å²) in [5, 5.41) is 0. The molecule has 0 fully saturated rings. The Morgan fingerprint density at radius 2 is 2.36 bits per heavy atom. The molecule has 0 saturated heterocycles. The summed E-state index contributed by atoms with van der Waals surface area (Å²) < 4.78 is 0. The van der Waals surface area contributed by atoms with Gasteiger partial charge in [-0.25, -0.2) is 0 Å². The Bertz CT molecular complexity index is 282. The van der Waals surface area contributed by atoms with Crippen LogP contribution in [0.1, 0.15) is 26.2 Å². The zero-order chi connectivity index (χ0) is 10.1. The van der Waals surface area contributed by atoms with E-state index in [1.165, 1.54) is 19.3 Å². The lowest BCUT2D eigenvalue weighted by atomic mass is 9.84. The zero-order valence-corrected chi connectivity index (χ0v) is 12.7. The molecule has 0 saturated carbocycles. The van der Waals surface area contributed by atoms with Crippen LogP contribution in [0, 0.1) is 5.92 Å². The summed E-state index contributed by atoms with van der Waals surface area (Å²) in [6, 6.07) is 0. The molecule has 78 valence electrons. The van der Waals surface area contributed by atoms with Crippen molar-refractivity contribution in [2.24, 2.45) is 5.92 Å². The first kappa shape index (κ1) is 11.7. The first-order chi connectivity index (χ1) is 6.74. The van der Waals surface area contributed by atoms with Gasteiger partial charge in [0.2, 0.25) is 0 Å². The van der Waals surface area contributed by atoms with Gasteiger partial charge in [-0.2, -0.15) is 0 Å². The number of allylic oxidation sites excluding steroid dienone is 4. The van der Waals surface area contributed by atoms with Crippen molar-refractivity contribution in [3.05, 3.63) is 23.3 Å². The lowest BCUT2D eigenvalue weighted by molar-refractivity contribution is 0.552. The minimum absolute atomic E-state index is 0.186. The van der Waals surface area contributed by atoms with Crippen molar-refractivity contribution < 1.29 is 0 Å². The molecule has 0 radical (unpaired) electrons. The standard InChI is InChI=1S/C10H18P4/c1-7-9-4-2-3-8(9)5-6-10(7)14(12)13-11/h2-3,7,10,13H,4-6,11-12H2,1H3/t7-,10+,14?/m1/s1. The van der Waals surface area contributed by atoms with Crippen molar-refractivity contribution in [3.63, 3.8) is 0 Å². The van der Waals surface area contributed by atoms with Gasteiger partial charge in [0.1, 0.15) is 0 Å². The monoisotopic (exact) mass is 262 g/mol. The van der Waals surface area contributed by atoms with Crippen LogP contribution in [0.15, 0.2) is 23.3 Å². The second-order valence-electron chi connectivity index (χ2n) is 4.09. The van der Waals surface area contributed by atoms with E-state index in [0.29, 0.717) is 0 Å². The molecule has 14 heavy (non-hydrogen) atoms. The second kappa shape index (κ2) is 5.02. The van der Waals surface area contributed by atoms with Gasteiger partial charge < -0.3 is 0 Å². The molecule has 0 aromatic heterocycles. The van der Waals surface area contributed by atoms with Gasteiger partial charge in [-0.05, 0) is 36.4 Å². The Kier molecular flexibility index (Phi) is 4.19. The van der Waals surface area contributed by atoms with Crippen LogP contribution in [0.4, 0.5) is 0 Å². The average molecular weight is 262 g/mol. The summed E-state index contributed by atoms with van der Waals surface area (Å²) in [6.07, 6.45) is 8.69. The topological polar surface area (TPSA) is 0 Å². The van der Waals surface area contributed by atoms with Gasteiger partial charge in [-0.3, -0.25) is 0 Å². The molecule has 0 bridgehead atoms. The molecule has 2 aliphatic rings. The summed E-state index contributed by atoms with van der Waals surface area (Å²) in [5.74, 6) is 0.838. The molecule has 4 heteroatoms. The molecule has 0 aliphatic heterocycles. The van der Waals surface area contributed by atoms with E-state index in [-0.39, 0.29) is 7.30 Å². The van der Waals surface area contributed by atoms with E-state index in [1.807, 2.05) is 0 Å². The van der Waals surface area contributed by atoms with Gasteiger partial charge in [0.15, 0.2) is 0 Å². The molecule has 2 aliphatic carbocycles. The third-order valence-electron chi connectivity index (χ3n) is 3.41. The predicted molar refractivity (Wildman–Crippen MR) is 77.6 cm³/mol. The molecule has 0 N–H and O–H groups in total. The van der Waals surface area contributed by atoms with Gasteiger partial charge in [0, 0.05) is 0 Å². The fourth-order valence-corrected chi connectivity index (χ4v) is 8.39. The molecule has 0 nitrogen and oxygen atoms in total. The first-order valence-corrected chi connectivity index (χ1v) is 11.8. The summed E-state index contributed by atoms with van der Waals surface area (Å²) in [7, 11) is 7.28. The van der Waals surface area contributed by atoms with Crippen LogP contribution in [-0.2, 0) is 0 Å². The van der Waals surface area contributed by atoms with E-state index in [4.69, 9.17) is 0 Å². The molecule has 6 atom stereocenters. The number of rotatable bonds is 2. The quantitative estimate of drug-likeness (QED) is 0.633. The van der Waals surface area contributed by atoms with Crippen LogP contribution in [0.2, 0.25) is 0 Å². The van der Waals surface area contributed by atoms with E-state index in [1.54, 1.807) is 11.1 Å². The van der Waals surface area contributed by atoms with E-state index in [9.17, 15) is 0 Å². The zero-order valence-electron chi connectivity index (χ0n) is 8.53. The van der Waals surface area contributed by atoms with Crippen LogP contribution in [0.5, 0.6) is 0 Å². The highest BCUT2D eigenvalue weighted by Gasteiger charge is 2.31. The largest absolute Gasteiger partial charge is 0.110 e. The fraction of sp³-hybridized carbons (Fsp3) is 0.600. The van der Waals surface area contributed by atoms with Gasteiger partial charge in [0.25, 0.3) is 0 Å². The van der Waals surface area contributed by atoms with E-state index >= 15 is 0 Å². The summed E-state index contributed by atoms with van der Waals surface area (Å²) in [5.41, 5.74) is 4.37. The Balaban J connectivity index is 2.13. The third-order valence-corrected chi connectivity index (χ3v) is 14.9. The van der Waals surface area contributed by atoms with E-state index in [2.05, 4.69) is 36.9 Å². The van der Waals surface area contributed by atoms with Crippen molar-refractivity contribution in [2.45, 2.75) is 31.8 Å². The Labute approximate surface area is 94.4 Å². The Morgan fingerprint density at radius 3 is 3.07 bits per heavy atom. The molecule has 4 unspecified atom stereocenters. The molecule has 0 aromatic carbocycles. The maximum absolute atomic E-state index is 3.11. The van der Waals surface area contributed by atoms with Crippen molar-refractivity contribution in [1.29, 1.82) is 0 Å². The van der Waals surface area contributed by atoms with E-state index < -0.39 is 0 Å². The summed E-state index contributed by atoms with van der Waals surface area (Å²) in [6.45, 7) is 2.44. The van der Waals surface area contributed by atoms with Crippen LogP contribution in [0.3, 0.4) is 0 Å². The van der Waals surface area contributed by atoms with Crippen LogP contribution >= 0.6 is 33.1 Å². The van der Waals surface area contributed by atoms with Gasteiger partial charge in [-0.1, -0.05) is 39.9 Å². The molecule has 0 amide bonds. The van der Waals surface area contributed by atoms with Crippen LogP contribution < -0.4 is 0 Å². The molecule has 0 spiro atoms. The van der Waals surface area contributed by atoms with Crippen LogP contribution in [-0.4, -0.2) is 5.66 Å². The molecular formula is C10H18P4. The average Bonchev–Trinajstić information content (AvgIpc) is 2.66. The van der Waals surface area contributed by atoms with Gasteiger partial charge in [-0.15, -0.1) is 17.9 Å². The SMILES string of the molecule is C[C@@H]1C2=C(C=CC2)CC[C@@H]1P(P)PP. The first-order valence-electron chi connectivity index (χ1n) is 5.12. The fourth-order valence-electron chi connectivity index (χ4n) is 2.55. The van der Waals surface area contributed by atoms with Crippen molar-refractivity contribution >= 4 is 33.1 Å². The number of hydrogen-bond acceptors (Lipinski definition) is 0. The minimum Gasteiger partial charge on any atom is -0.110 e. The predicted octanol–water partition coefficient (Wildman–Crippen LogP) is 4.70. The smallest absolute Gasteiger partial charge is 0.00695 e. The Hall–Kier alpha value is 1.20. The normalized spacial score (nSPS) is 34.2. The van der Waals surface area contributed by atoms with Crippen molar-refractivity contribution in [3.8, 4) is 0 Å². The summed E-state index contributed by atoms with van der Waals surface area (Å²) in [4.78, 5) is 0. The summed E-state index contributed by atoms with van der Waals surface area (Å²) >= 11 is 0. The Morgan fingerprint density at radius 1 is 1.57 bits per heavy atom. The lowest BCUT2D eigenvalue weighted by Gasteiger charge is -2.34. The third kappa shape index (κ3) is 2.15. The van der Waals surface area contributed by atoms with Gasteiger partial charge in [0.05, 0.1) is 0 Å². The molecule has 2 rings (SSSR count). The maximum atomic E-state index is 3.11. The van der Waals surface area contributed by atoms with E-state index in [0.717, 1.165) is 19.5 Å². The highest BCUT2D eigenvalue weighted by Crippen LogP contribution is 2.72. The lowest BCUT2D eigenvalue weighted by Crippen LogP contribution is -2.20. The van der Waals surface area contributed by atoms with Crippen molar-refractivity contribution in [2.75, 3.05) is 0 Å². The van der Waals surface area contributed by atoms with Crippen molar-refractivity contribution in [1.82, 2.24) is 0 Å².